The van der Waals surface area contributed by atoms with Crippen molar-refractivity contribution in [2.75, 3.05) is 18.0 Å². The second kappa shape index (κ2) is 8.00. The van der Waals surface area contributed by atoms with Crippen LogP contribution >= 0.6 is 11.6 Å². The quantitative estimate of drug-likeness (QED) is 0.790. The van der Waals surface area contributed by atoms with Crippen LogP contribution in [0.25, 0.3) is 6.08 Å². The Morgan fingerprint density at radius 2 is 2.04 bits per heavy atom. The summed E-state index contributed by atoms with van der Waals surface area (Å²) < 4.78 is 37.8. The molecule has 1 N–H and O–H groups in total. The molecule has 0 bridgehead atoms. The number of nitrogens with zero attached hydrogens (tertiary/aromatic N) is 2. The number of anilines is 1. The van der Waals surface area contributed by atoms with Crippen LogP contribution in [-0.2, 0) is 11.0 Å². The molecular formula is C19H17ClF3N3O. The van der Waals surface area contributed by atoms with Crippen molar-refractivity contribution in [3.8, 4) is 0 Å². The summed E-state index contributed by atoms with van der Waals surface area (Å²) in [6.07, 6.45) is 0.172. The summed E-state index contributed by atoms with van der Waals surface area (Å²) >= 11 is 6.04. The van der Waals surface area contributed by atoms with Crippen LogP contribution in [0.2, 0.25) is 5.02 Å². The topological polar surface area (TPSA) is 45.2 Å². The lowest BCUT2D eigenvalue weighted by Gasteiger charge is -2.18. The molecular weight excluding hydrogens is 379 g/mol. The van der Waals surface area contributed by atoms with Gasteiger partial charge in [-0.1, -0.05) is 29.8 Å². The Balaban J connectivity index is 1.55. The molecule has 0 unspecified atom stereocenters. The summed E-state index contributed by atoms with van der Waals surface area (Å²) in [5.41, 5.74) is -0.0312. The predicted molar refractivity (Wildman–Crippen MR) is 98.5 cm³/mol. The van der Waals surface area contributed by atoms with E-state index < -0.39 is 11.7 Å². The molecule has 27 heavy (non-hydrogen) atoms. The highest BCUT2D eigenvalue weighted by Gasteiger charge is 2.31. The number of hydrogen-bond acceptors (Lipinski definition) is 3. The molecule has 1 amide bonds. The number of benzene rings is 1. The zero-order valence-electron chi connectivity index (χ0n) is 14.2. The van der Waals surface area contributed by atoms with Crippen molar-refractivity contribution in [3.63, 3.8) is 0 Å². The Morgan fingerprint density at radius 1 is 1.26 bits per heavy atom. The molecule has 2 aromatic rings. The van der Waals surface area contributed by atoms with E-state index in [-0.39, 0.29) is 11.9 Å². The highest BCUT2D eigenvalue weighted by atomic mass is 35.5. The lowest BCUT2D eigenvalue weighted by atomic mass is 10.2. The predicted octanol–water partition coefficient (Wildman–Crippen LogP) is 4.16. The Kier molecular flexibility index (Phi) is 5.70. The minimum Gasteiger partial charge on any atom is -0.354 e. The zero-order valence-corrected chi connectivity index (χ0v) is 15.0. The number of hydrogen-bond donors (Lipinski definition) is 1. The van der Waals surface area contributed by atoms with Crippen LogP contribution in [0.1, 0.15) is 17.5 Å². The van der Waals surface area contributed by atoms with E-state index in [1.807, 2.05) is 17.0 Å². The Labute approximate surface area is 159 Å². The summed E-state index contributed by atoms with van der Waals surface area (Å²) in [5, 5.41) is 3.44. The van der Waals surface area contributed by atoms with Crippen LogP contribution in [0, 0.1) is 0 Å². The number of carbonyl (C=O) groups excluding carboxylic acids is 1. The average Bonchev–Trinajstić information content (AvgIpc) is 3.09. The van der Waals surface area contributed by atoms with Crippen molar-refractivity contribution < 1.29 is 18.0 Å². The first-order valence-electron chi connectivity index (χ1n) is 8.34. The summed E-state index contributed by atoms with van der Waals surface area (Å²) in [4.78, 5) is 17.8. The van der Waals surface area contributed by atoms with Crippen LogP contribution in [0.4, 0.5) is 19.0 Å². The molecule has 0 saturated carbocycles. The average molecular weight is 396 g/mol. The van der Waals surface area contributed by atoms with Crippen LogP contribution in [0.5, 0.6) is 0 Å². The fourth-order valence-corrected chi connectivity index (χ4v) is 3.05. The van der Waals surface area contributed by atoms with Gasteiger partial charge < -0.3 is 10.2 Å². The van der Waals surface area contributed by atoms with E-state index >= 15 is 0 Å². The molecule has 1 fully saturated rings. The Bertz CT molecular complexity index is 837. The second-order valence-electron chi connectivity index (χ2n) is 6.20. The summed E-state index contributed by atoms with van der Waals surface area (Å²) in [6, 6.07) is 9.45. The van der Waals surface area contributed by atoms with Gasteiger partial charge in [0, 0.05) is 36.4 Å². The van der Waals surface area contributed by atoms with E-state index in [1.54, 1.807) is 18.2 Å². The third-order valence-electron chi connectivity index (χ3n) is 4.25. The normalized spacial score (nSPS) is 17.5. The maximum atomic E-state index is 12.6. The third-order valence-corrected chi connectivity index (χ3v) is 4.60. The van der Waals surface area contributed by atoms with Crippen molar-refractivity contribution >= 4 is 29.4 Å². The maximum absolute atomic E-state index is 12.6. The van der Waals surface area contributed by atoms with Gasteiger partial charge in [0.1, 0.15) is 5.82 Å². The van der Waals surface area contributed by atoms with E-state index in [0.29, 0.717) is 30.4 Å². The van der Waals surface area contributed by atoms with E-state index in [9.17, 15) is 18.0 Å². The summed E-state index contributed by atoms with van der Waals surface area (Å²) in [5.74, 6) is 0.216. The Hall–Kier alpha value is -2.54. The number of nitrogens with one attached hydrogen (secondary N) is 1. The van der Waals surface area contributed by atoms with Gasteiger partial charge in [0.05, 0.1) is 5.56 Å². The standard InChI is InChI=1S/C19H17ClF3N3O/c20-16-4-2-1-3-13(16)5-8-18(27)25-15-9-10-26(12-15)17-7-6-14(11-24-17)19(21,22)23/h1-8,11,15H,9-10,12H2,(H,25,27)/b8-5+/t15-/m1/s1. The minimum atomic E-state index is -4.40. The molecule has 0 spiro atoms. The zero-order chi connectivity index (χ0) is 19.4. The smallest absolute Gasteiger partial charge is 0.354 e. The number of halogens is 4. The summed E-state index contributed by atoms with van der Waals surface area (Å²) in [6.45, 7) is 1.10. The van der Waals surface area contributed by atoms with E-state index in [4.69, 9.17) is 11.6 Å². The number of amides is 1. The van der Waals surface area contributed by atoms with Gasteiger partial charge in [-0.25, -0.2) is 4.98 Å². The number of carbonyl (C=O) groups is 1. The highest BCUT2D eigenvalue weighted by molar-refractivity contribution is 6.32. The van der Waals surface area contributed by atoms with E-state index in [1.165, 1.54) is 12.1 Å². The van der Waals surface area contributed by atoms with Crippen LogP contribution in [-0.4, -0.2) is 30.0 Å². The largest absolute Gasteiger partial charge is 0.417 e. The number of pyridine rings is 1. The second-order valence-corrected chi connectivity index (χ2v) is 6.61. The van der Waals surface area contributed by atoms with Crippen molar-refractivity contribution in [3.05, 3.63) is 64.8 Å². The number of rotatable bonds is 4. The fourth-order valence-electron chi connectivity index (χ4n) is 2.85. The Morgan fingerprint density at radius 3 is 2.70 bits per heavy atom. The van der Waals surface area contributed by atoms with Gasteiger partial charge in [0.2, 0.25) is 5.91 Å². The molecule has 142 valence electrons. The number of aromatic nitrogens is 1. The van der Waals surface area contributed by atoms with Crippen LogP contribution in [0.3, 0.4) is 0 Å². The third kappa shape index (κ3) is 5.01. The number of alkyl halides is 3. The van der Waals surface area contributed by atoms with Gasteiger partial charge in [-0.05, 0) is 36.3 Å². The molecule has 1 atom stereocenters. The molecule has 2 heterocycles. The SMILES string of the molecule is O=C(/C=C/c1ccccc1Cl)N[C@@H]1CCN(c2ccc(C(F)(F)F)cn2)C1. The minimum absolute atomic E-state index is 0.0995. The summed E-state index contributed by atoms with van der Waals surface area (Å²) in [7, 11) is 0. The maximum Gasteiger partial charge on any atom is 0.417 e. The monoisotopic (exact) mass is 395 g/mol. The lowest BCUT2D eigenvalue weighted by Crippen LogP contribution is -2.36. The lowest BCUT2D eigenvalue weighted by molar-refractivity contribution is -0.137. The molecule has 1 aliphatic heterocycles. The van der Waals surface area contributed by atoms with E-state index in [0.717, 1.165) is 17.8 Å². The molecule has 1 aliphatic rings. The van der Waals surface area contributed by atoms with E-state index in [2.05, 4.69) is 10.3 Å². The van der Waals surface area contributed by atoms with Crippen molar-refractivity contribution in [1.29, 1.82) is 0 Å². The van der Waals surface area contributed by atoms with Gasteiger partial charge in [0.15, 0.2) is 0 Å². The molecule has 8 heteroatoms. The molecule has 1 aromatic heterocycles. The molecule has 0 radical (unpaired) electrons. The fraction of sp³-hybridized carbons (Fsp3) is 0.263. The first kappa shape index (κ1) is 19.2. The molecule has 1 aromatic carbocycles. The van der Waals surface area contributed by atoms with Crippen molar-refractivity contribution in [1.82, 2.24) is 10.3 Å². The van der Waals surface area contributed by atoms with Gasteiger partial charge in [-0.2, -0.15) is 13.2 Å². The van der Waals surface area contributed by atoms with Crippen LogP contribution in [0.15, 0.2) is 48.7 Å². The first-order valence-corrected chi connectivity index (χ1v) is 8.72. The van der Waals surface area contributed by atoms with Gasteiger partial charge in [-0.3, -0.25) is 4.79 Å². The van der Waals surface area contributed by atoms with Gasteiger partial charge in [0.25, 0.3) is 0 Å². The molecule has 0 aliphatic carbocycles. The molecule has 3 rings (SSSR count). The van der Waals surface area contributed by atoms with Crippen molar-refractivity contribution in [2.24, 2.45) is 0 Å². The van der Waals surface area contributed by atoms with Crippen LogP contribution < -0.4 is 10.2 Å². The highest BCUT2D eigenvalue weighted by Crippen LogP contribution is 2.29. The van der Waals surface area contributed by atoms with Crippen molar-refractivity contribution in [2.45, 2.75) is 18.6 Å². The molecule has 1 saturated heterocycles. The first-order chi connectivity index (χ1) is 12.8. The van der Waals surface area contributed by atoms with Gasteiger partial charge in [-0.15, -0.1) is 0 Å². The molecule has 4 nitrogen and oxygen atoms in total. The van der Waals surface area contributed by atoms with Gasteiger partial charge >= 0.3 is 6.18 Å².